The first-order valence-electron chi connectivity index (χ1n) is 7.10. The van der Waals surface area contributed by atoms with Gasteiger partial charge >= 0.3 is 6.18 Å². The number of nitrogens with zero attached hydrogens (tertiary/aromatic N) is 1. The lowest BCUT2D eigenvalue weighted by atomic mass is 9.97. The van der Waals surface area contributed by atoms with E-state index in [1.165, 1.54) is 0 Å². The van der Waals surface area contributed by atoms with Crippen molar-refractivity contribution in [2.24, 2.45) is 5.92 Å². The number of hydrogen-bond donors (Lipinski definition) is 2. The van der Waals surface area contributed by atoms with Gasteiger partial charge in [0.15, 0.2) is 0 Å². The molecular weight excluding hydrogens is 257 g/mol. The fourth-order valence-corrected chi connectivity index (χ4v) is 2.56. The molecule has 0 saturated carbocycles. The average Bonchev–Trinajstić information content (AvgIpc) is 2.35. The van der Waals surface area contributed by atoms with Crippen LogP contribution < -0.4 is 5.32 Å². The highest BCUT2D eigenvalue weighted by Gasteiger charge is 2.41. The Morgan fingerprint density at radius 3 is 2.74 bits per heavy atom. The van der Waals surface area contributed by atoms with Crippen LogP contribution in [0, 0.1) is 5.92 Å². The molecule has 6 heteroatoms. The number of piperidine rings is 1. The van der Waals surface area contributed by atoms with Crippen LogP contribution in [0.4, 0.5) is 13.2 Å². The third kappa shape index (κ3) is 6.10. The van der Waals surface area contributed by atoms with E-state index < -0.39 is 12.1 Å². The monoisotopic (exact) mass is 282 g/mol. The SMILES string of the molecule is CCCNC(CCO)CN1CCCC(C(F)(F)F)C1. The van der Waals surface area contributed by atoms with Gasteiger partial charge in [0.05, 0.1) is 5.92 Å². The summed E-state index contributed by atoms with van der Waals surface area (Å²) in [7, 11) is 0. The van der Waals surface area contributed by atoms with Crippen molar-refractivity contribution in [3.8, 4) is 0 Å². The van der Waals surface area contributed by atoms with Gasteiger partial charge in [-0.1, -0.05) is 6.92 Å². The molecular formula is C13H25F3N2O. The summed E-state index contributed by atoms with van der Waals surface area (Å²) < 4.78 is 38.2. The number of aliphatic hydroxyl groups excluding tert-OH is 1. The van der Waals surface area contributed by atoms with Crippen LogP contribution in [0.5, 0.6) is 0 Å². The highest BCUT2D eigenvalue weighted by atomic mass is 19.4. The zero-order chi connectivity index (χ0) is 14.3. The lowest BCUT2D eigenvalue weighted by Gasteiger charge is -2.35. The van der Waals surface area contributed by atoms with Crippen molar-refractivity contribution in [3.05, 3.63) is 0 Å². The summed E-state index contributed by atoms with van der Waals surface area (Å²) in [6.45, 7) is 4.36. The van der Waals surface area contributed by atoms with Gasteiger partial charge < -0.3 is 15.3 Å². The van der Waals surface area contributed by atoms with Gasteiger partial charge in [0.1, 0.15) is 0 Å². The Balaban J connectivity index is 2.44. The second kappa shape index (κ2) is 8.07. The topological polar surface area (TPSA) is 35.5 Å². The second-order valence-corrected chi connectivity index (χ2v) is 5.30. The van der Waals surface area contributed by atoms with Crippen LogP contribution >= 0.6 is 0 Å². The smallest absolute Gasteiger partial charge is 0.393 e. The van der Waals surface area contributed by atoms with Gasteiger partial charge in [0.2, 0.25) is 0 Å². The van der Waals surface area contributed by atoms with Gasteiger partial charge in [-0.15, -0.1) is 0 Å². The molecule has 19 heavy (non-hydrogen) atoms. The predicted molar refractivity (Wildman–Crippen MR) is 69.0 cm³/mol. The molecule has 2 atom stereocenters. The van der Waals surface area contributed by atoms with Gasteiger partial charge in [-0.25, -0.2) is 0 Å². The van der Waals surface area contributed by atoms with Crippen LogP contribution in [0.2, 0.25) is 0 Å². The number of alkyl halides is 3. The maximum absolute atomic E-state index is 12.7. The molecule has 0 aromatic rings. The van der Waals surface area contributed by atoms with E-state index in [4.69, 9.17) is 5.11 Å². The van der Waals surface area contributed by atoms with Gasteiger partial charge in [0, 0.05) is 25.7 Å². The van der Waals surface area contributed by atoms with Crippen molar-refractivity contribution in [1.82, 2.24) is 10.2 Å². The minimum atomic E-state index is -4.08. The molecule has 2 N–H and O–H groups in total. The molecule has 0 amide bonds. The number of aliphatic hydroxyl groups is 1. The van der Waals surface area contributed by atoms with Crippen molar-refractivity contribution < 1.29 is 18.3 Å². The fraction of sp³-hybridized carbons (Fsp3) is 1.00. The highest BCUT2D eigenvalue weighted by Crippen LogP contribution is 2.33. The number of likely N-dealkylation sites (tertiary alicyclic amines) is 1. The van der Waals surface area contributed by atoms with Crippen molar-refractivity contribution >= 4 is 0 Å². The fourth-order valence-electron chi connectivity index (χ4n) is 2.56. The molecule has 1 saturated heterocycles. The van der Waals surface area contributed by atoms with E-state index in [0.29, 0.717) is 19.4 Å². The summed E-state index contributed by atoms with van der Waals surface area (Å²) in [5.41, 5.74) is 0. The van der Waals surface area contributed by atoms with Crippen molar-refractivity contribution in [1.29, 1.82) is 0 Å². The Morgan fingerprint density at radius 2 is 2.16 bits per heavy atom. The minimum Gasteiger partial charge on any atom is -0.396 e. The molecule has 1 heterocycles. The van der Waals surface area contributed by atoms with E-state index in [-0.39, 0.29) is 25.6 Å². The molecule has 0 bridgehead atoms. The standard InChI is InChI=1S/C13H25F3N2O/c1-2-6-17-12(5-8-19)10-18-7-3-4-11(9-18)13(14,15)16/h11-12,17,19H,2-10H2,1H3. The molecule has 0 radical (unpaired) electrons. The quantitative estimate of drug-likeness (QED) is 0.750. The average molecular weight is 282 g/mol. The van der Waals surface area contributed by atoms with Crippen LogP contribution in [0.25, 0.3) is 0 Å². The van der Waals surface area contributed by atoms with Gasteiger partial charge in [-0.3, -0.25) is 0 Å². The summed E-state index contributed by atoms with van der Waals surface area (Å²) in [4.78, 5) is 1.88. The van der Waals surface area contributed by atoms with Crippen molar-refractivity contribution in [2.75, 3.05) is 32.8 Å². The normalized spacial score (nSPS) is 23.5. The zero-order valence-corrected chi connectivity index (χ0v) is 11.5. The zero-order valence-electron chi connectivity index (χ0n) is 11.5. The molecule has 1 aliphatic rings. The lowest BCUT2D eigenvalue weighted by molar-refractivity contribution is -0.186. The summed E-state index contributed by atoms with van der Waals surface area (Å²) in [5.74, 6) is -1.19. The first kappa shape index (κ1) is 16.7. The number of hydrogen-bond acceptors (Lipinski definition) is 3. The third-order valence-electron chi connectivity index (χ3n) is 3.61. The largest absolute Gasteiger partial charge is 0.396 e. The van der Waals surface area contributed by atoms with Crippen LogP contribution in [-0.4, -0.2) is 55.0 Å². The number of halogens is 3. The van der Waals surface area contributed by atoms with Gasteiger partial charge in [0.25, 0.3) is 0 Å². The Morgan fingerprint density at radius 1 is 1.42 bits per heavy atom. The molecule has 2 unspecified atom stereocenters. The maximum Gasteiger partial charge on any atom is 0.393 e. The van der Waals surface area contributed by atoms with E-state index in [0.717, 1.165) is 19.5 Å². The second-order valence-electron chi connectivity index (χ2n) is 5.30. The Labute approximate surface area is 113 Å². The van der Waals surface area contributed by atoms with Gasteiger partial charge in [-0.2, -0.15) is 13.2 Å². The van der Waals surface area contributed by atoms with Crippen molar-refractivity contribution in [3.63, 3.8) is 0 Å². The summed E-state index contributed by atoms with van der Waals surface area (Å²) in [6, 6.07) is 0.0805. The number of nitrogens with one attached hydrogen (secondary N) is 1. The van der Waals surface area contributed by atoms with E-state index in [1.807, 2.05) is 11.8 Å². The molecule has 1 aliphatic heterocycles. The first-order valence-corrected chi connectivity index (χ1v) is 7.10. The molecule has 0 spiro atoms. The summed E-state index contributed by atoms with van der Waals surface area (Å²) in [6.07, 6.45) is -1.67. The minimum absolute atomic E-state index is 0.0674. The Hall–Kier alpha value is -0.330. The molecule has 0 aliphatic carbocycles. The lowest BCUT2D eigenvalue weighted by Crippen LogP contribution is -2.48. The predicted octanol–water partition coefficient (Wildman–Crippen LogP) is 2.01. The molecule has 1 fully saturated rings. The molecule has 0 aromatic carbocycles. The van der Waals surface area contributed by atoms with E-state index in [2.05, 4.69) is 5.32 Å². The van der Waals surface area contributed by atoms with E-state index in [1.54, 1.807) is 0 Å². The van der Waals surface area contributed by atoms with Crippen LogP contribution in [-0.2, 0) is 0 Å². The van der Waals surface area contributed by atoms with Crippen LogP contribution in [0.1, 0.15) is 32.6 Å². The molecule has 0 aromatic heterocycles. The van der Waals surface area contributed by atoms with Gasteiger partial charge in [-0.05, 0) is 38.8 Å². The van der Waals surface area contributed by atoms with Crippen LogP contribution in [0.3, 0.4) is 0 Å². The Kier molecular flexibility index (Phi) is 7.10. The third-order valence-corrected chi connectivity index (χ3v) is 3.61. The van der Waals surface area contributed by atoms with Crippen molar-refractivity contribution in [2.45, 2.75) is 44.8 Å². The van der Waals surface area contributed by atoms with E-state index >= 15 is 0 Å². The maximum atomic E-state index is 12.7. The first-order chi connectivity index (χ1) is 8.97. The number of rotatable bonds is 7. The van der Waals surface area contributed by atoms with Crippen LogP contribution in [0.15, 0.2) is 0 Å². The molecule has 3 nitrogen and oxygen atoms in total. The highest BCUT2D eigenvalue weighted by molar-refractivity contribution is 4.81. The molecule has 114 valence electrons. The summed E-state index contributed by atoms with van der Waals surface area (Å²) >= 11 is 0. The summed E-state index contributed by atoms with van der Waals surface area (Å²) in [5, 5.41) is 12.3. The Bertz CT molecular complexity index is 249. The molecule has 1 rings (SSSR count). The van der Waals surface area contributed by atoms with E-state index in [9.17, 15) is 13.2 Å².